The largest absolute Gasteiger partial charge is 0.497 e. The van der Waals surface area contributed by atoms with Gasteiger partial charge in [0.2, 0.25) is 0 Å². The fraction of sp³-hybridized carbons (Fsp3) is 0.300. The zero-order valence-corrected chi connectivity index (χ0v) is 8.44. The Bertz CT molecular complexity index is 362. The molecule has 0 saturated carbocycles. The van der Waals surface area contributed by atoms with Gasteiger partial charge in [-0.3, -0.25) is 0 Å². The first-order chi connectivity index (χ1) is 7.45. The van der Waals surface area contributed by atoms with Crippen molar-refractivity contribution in [1.29, 1.82) is 0 Å². The lowest BCUT2D eigenvalue weighted by Gasteiger charge is -2.11. The molecule has 4 nitrogen and oxygen atoms in total. The molecule has 0 aliphatic heterocycles. The van der Waals surface area contributed by atoms with Gasteiger partial charge < -0.3 is 14.6 Å². The van der Waals surface area contributed by atoms with Crippen molar-refractivity contribution >= 4 is 5.97 Å². The Morgan fingerprint density at radius 2 is 1.94 bits per heavy atom. The Labute approximate surface area is 90.4 Å². The van der Waals surface area contributed by atoms with Crippen molar-refractivity contribution < 1.29 is 28.2 Å². The molecule has 6 heteroatoms. The van der Waals surface area contributed by atoms with E-state index in [9.17, 15) is 13.6 Å². The lowest BCUT2D eigenvalue weighted by molar-refractivity contribution is -0.250. The summed E-state index contributed by atoms with van der Waals surface area (Å²) in [5, 5.41) is 8.11. The van der Waals surface area contributed by atoms with Crippen molar-refractivity contribution in [2.45, 2.75) is 12.7 Å². The second-order valence-corrected chi connectivity index (χ2v) is 2.96. The van der Waals surface area contributed by atoms with E-state index in [2.05, 4.69) is 4.74 Å². The van der Waals surface area contributed by atoms with Crippen LogP contribution in [-0.2, 0) is 16.1 Å². The smallest absolute Gasteiger partial charge is 0.456 e. The zero-order valence-electron chi connectivity index (χ0n) is 8.44. The second-order valence-electron chi connectivity index (χ2n) is 2.96. The molecule has 0 saturated heterocycles. The molecule has 0 bridgehead atoms. The van der Waals surface area contributed by atoms with Crippen LogP contribution in [0.1, 0.15) is 5.56 Å². The summed E-state index contributed by atoms with van der Waals surface area (Å²) in [5.41, 5.74) is 0.432. The maximum atomic E-state index is 12.5. The van der Waals surface area contributed by atoms with Gasteiger partial charge in [-0.05, 0) is 17.7 Å². The van der Waals surface area contributed by atoms with E-state index in [0.717, 1.165) is 0 Å². The van der Waals surface area contributed by atoms with Gasteiger partial charge in [-0.15, -0.1) is 0 Å². The number of carboxylic acid groups (broad SMARTS) is 1. The number of hydrogen-bond donors (Lipinski definition) is 1. The third-order valence-corrected chi connectivity index (χ3v) is 1.83. The van der Waals surface area contributed by atoms with Gasteiger partial charge in [-0.2, -0.15) is 8.78 Å². The molecule has 1 N–H and O–H groups in total. The van der Waals surface area contributed by atoms with Crippen molar-refractivity contribution in [1.82, 2.24) is 0 Å². The average molecular weight is 232 g/mol. The van der Waals surface area contributed by atoms with Gasteiger partial charge in [0.15, 0.2) is 0 Å². The van der Waals surface area contributed by atoms with E-state index in [1.54, 1.807) is 12.1 Å². The number of benzene rings is 1. The normalized spacial score (nSPS) is 11.2. The molecule has 0 amide bonds. The van der Waals surface area contributed by atoms with Crippen molar-refractivity contribution in [3.63, 3.8) is 0 Å². The van der Waals surface area contributed by atoms with Crippen molar-refractivity contribution in [3.8, 4) is 5.75 Å². The topological polar surface area (TPSA) is 55.8 Å². The van der Waals surface area contributed by atoms with Gasteiger partial charge in [-0.25, -0.2) is 4.79 Å². The van der Waals surface area contributed by atoms with Gasteiger partial charge in [0.1, 0.15) is 5.75 Å². The summed E-state index contributed by atoms with van der Waals surface area (Å²) in [5.74, 6) is -1.73. The van der Waals surface area contributed by atoms with Gasteiger partial charge in [0, 0.05) is 0 Å². The van der Waals surface area contributed by atoms with Crippen LogP contribution in [0.4, 0.5) is 8.78 Å². The molecule has 0 fully saturated rings. The lowest BCUT2D eigenvalue weighted by atomic mass is 10.2. The predicted octanol–water partition coefficient (Wildman–Crippen LogP) is 1.89. The summed E-state index contributed by atoms with van der Waals surface area (Å²) in [6.45, 7) is -0.483. The SMILES string of the molecule is COc1ccc(COC(F)(F)C(=O)O)cc1. The van der Waals surface area contributed by atoms with E-state index >= 15 is 0 Å². The third kappa shape index (κ3) is 3.16. The minimum absolute atomic E-state index is 0.432. The first kappa shape index (κ1) is 12.4. The van der Waals surface area contributed by atoms with E-state index < -0.39 is 18.7 Å². The fourth-order valence-electron chi connectivity index (χ4n) is 0.957. The predicted molar refractivity (Wildman–Crippen MR) is 50.4 cm³/mol. The van der Waals surface area contributed by atoms with Crippen LogP contribution in [0, 0.1) is 0 Å². The molecule has 0 spiro atoms. The van der Waals surface area contributed by atoms with Crippen LogP contribution in [0.15, 0.2) is 24.3 Å². The van der Waals surface area contributed by atoms with Gasteiger partial charge in [-0.1, -0.05) is 12.1 Å². The number of rotatable bonds is 5. The minimum Gasteiger partial charge on any atom is -0.497 e. The Balaban J connectivity index is 2.58. The quantitative estimate of drug-likeness (QED) is 0.842. The Morgan fingerprint density at radius 1 is 1.38 bits per heavy atom. The number of hydrogen-bond acceptors (Lipinski definition) is 3. The number of alkyl halides is 2. The molecule has 16 heavy (non-hydrogen) atoms. The van der Waals surface area contributed by atoms with E-state index in [0.29, 0.717) is 11.3 Å². The van der Waals surface area contributed by atoms with E-state index in [1.165, 1.54) is 19.2 Å². The number of carbonyl (C=O) groups is 1. The summed E-state index contributed by atoms with van der Waals surface area (Å²) in [6.07, 6.45) is -4.17. The number of carboxylic acids is 1. The van der Waals surface area contributed by atoms with Crippen LogP contribution in [0.25, 0.3) is 0 Å². The first-order valence-corrected chi connectivity index (χ1v) is 4.34. The molecule has 1 rings (SSSR count). The third-order valence-electron chi connectivity index (χ3n) is 1.83. The molecule has 0 unspecified atom stereocenters. The molecule has 0 aromatic heterocycles. The molecular weight excluding hydrogens is 222 g/mol. The molecule has 0 aliphatic carbocycles. The van der Waals surface area contributed by atoms with Crippen molar-refractivity contribution in [2.75, 3.05) is 7.11 Å². The van der Waals surface area contributed by atoms with Crippen molar-refractivity contribution in [3.05, 3.63) is 29.8 Å². The Morgan fingerprint density at radius 3 is 2.38 bits per heavy atom. The Hall–Kier alpha value is -1.69. The lowest BCUT2D eigenvalue weighted by Crippen LogP contribution is -2.31. The molecule has 0 atom stereocenters. The summed E-state index contributed by atoms with van der Waals surface area (Å²) in [6, 6.07) is 6.16. The highest BCUT2D eigenvalue weighted by Gasteiger charge is 2.40. The summed E-state index contributed by atoms with van der Waals surface area (Å²) >= 11 is 0. The first-order valence-electron chi connectivity index (χ1n) is 4.34. The average Bonchev–Trinajstić information content (AvgIpc) is 2.27. The summed E-state index contributed by atoms with van der Waals surface area (Å²) in [7, 11) is 1.48. The minimum atomic E-state index is -4.17. The van der Waals surface area contributed by atoms with Crippen LogP contribution in [-0.4, -0.2) is 24.3 Å². The standard InChI is InChI=1S/C10H10F2O4/c1-15-8-4-2-7(3-5-8)6-16-10(11,12)9(13)14/h2-5H,6H2,1H3,(H,13,14). The zero-order chi connectivity index (χ0) is 12.2. The number of methoxy groups -OCH3 is 1. The van der Waals surface area contributed by atoms with Gasteiger partial charge in [0.25, 0.3) is 0 Å². The Kier molecular flexibility index (Phi) is 3.78. The van der Waals surface area contributed by atoms with Gasteiger partial charge in [0.05, 0.1) is 13.7 Å². The van der Waals surface area contributed by atoms with Gasteiger partial charge >= 0.3 is 12.1 Å². The van der Waals surface area contributed by atoms with Crippen LogP contribution < -0.4 is 4.74 Å². The van der Waals surface area contributed by atoms with E-state index in [4.69, 9.17) is 9.84 Å². The highest BCUT2D eigenvalue weighted by Crippen LogP contribution is 2.19. The molecule has 1 aromatic rings. The van der Waals surface area contributed by atoms with Crippen molar-refractivity contribution in [2.24, 2.45) is 0 Å². The highest BCUT2D eigenvalue weighted by atomic mass is 19.3. The number of halogens is 2. The second kappa shape index (κ2) is 4.89. The number of ether oxygens (including phenoxy) is 2. The van der Waals surface area contributed by atoms with Crippen LogP contribution in [0.3, 0.4) is 0 Å². The maximum absolute atomic E-state index is 12.5. The molecule has 0 radical (unpaired) electrons. The number of aliphatic carboxylic acids is 1. The maximum Gasteiger partial charge on any atom is 0.456 e. The fourth-order valence-corrected chi connectivity index (χ4v) is 0.957. The monoisotopic (exact) mass is 232 g/mol. The van der Waals surface area contributed by atoms with E-state index in [-0.39, 0.29) is 0 Å². The van der Waals surface area contributed by atoms with Crippen LogP contribution >= 0.6 is 0 Å². The summed E-state index contributed by atoms with van der Waals surface area (Å²) < 4.78 is 33.9. The van der Waals surface area contributed by atoms with Crippen LogP contribution in [0.5, 0.6) is 5.75 Å². The molecular formula is C10H10F2O4. The molecule has 88 valence electrons. The molecule has 0 aliphatic rings. The summed E-state index contributed by atoms with van der Waals surface area (Å²) in [4.78, 5) is 10.0. The molecule has 0 heterocycles. The van der Waals surface area contributed by atoms with E-state index in [1.807, 2.05) is 0 Å². The molecule has 1 aromatic carbocycles. The van der Waals surface area contributed by atoms with Crippen LogP contribution in [0.2, 0.25) is 0 Å². The highest BCUT2D eigenvalue weighted by molar-refractivity contribution is 5.73.